The number of nitrogens with one attached hydrogen (secondary N) is 1. The number of hydrogen-bond acceptors (Lipinski definition) is 8. The summed E-state index contributed by atoms with van der Waals surface area (Å²) in [4.78, 5) is 26.7. The Morgan fingerprint density at radius 1 is 1.17 bits per heavy atom. The van der Waals surface area contributed by atoms with Crippen LogP contribution in [0.4, 0.5) is 5.00 Å². The van der Waals surface area contributed by atoms with Crippen molar-refractivity contribution in [3.63, 3.8) is 0 Å². The molecule has 2 aromatic heterocycles. The number of carbonyl (C=O) groups excluding carboxylic acids is 2. The lowest BCUT2D eigenvalue weighted by Crippen LogP contribution is -2.17. The molecule has 0 saturated heterocycles. The first-order valence-corrected chi connectivity index (χ1v) is 13.6. The molecule has 0 saturated carbocycles. The number of hydrogen-bond donors (Lipinski definition) is 1. The van der Waals surface area contributed by atoms with E-state index in [1.807, 2.05) is 48.9 Å². The maximum Gasteiger partial charge on any atom is 0.341 e. The van der Waals surface area contributed by atoms with E-state index >= 15 is 0 Å². The van der Waals surface area contributed by atoms with Gasteiger partial charge in [0.2, 0.25) is 5.91 Å². The van der Waals surface area contributed by atoms with Crippen molar-refractivity contribution in [1.29, 1.82) is 0 Å². The molecule has 8 nitrogen and oxygen atoms in total. The van der Waals surface area contributed by atoms with Gasteiger partial charge in [-0.15, -0.1) is 21.5 Å². The first kappa shape index (κ1) is 25.2. The van der Waals surface area contributed by atoms with E-state index in [1.54, 1.807) is 6.92 Å². The molecule has 3 aromatic rings. The Labute approximate surface area is 213 Å². The van der Waals surface area contributed by atoms with Crippen LogP contribution in [0, 0.1) is 0 Å². The Bertz CT molecular complexity index is 1180. The maximum absolute atomic E-state index is 12.8. The number of amides is 1. The molecule has 1 N–H and O–H groups in total. The average molecular weight is 515 g/mol. The zero-order chi connectivity index (χ0) is 24.8. The number of thioether (sulfide) groups is 1. The zero-order valence-corrected chi connectivity index (χ0v) is 21.8. The van der Waals surface area contributed by atoms with Crippen LogP contribution in [0.25, 0.3) is 0 Å². The molecular weight excluding hydrogens is 484 g/mol. The molecule has 1 unspecified atom stereocenters. The average Bonchev–Trinajstić information content (AvgIpc) is 3.29. The lowest BCUT2D eigenvalue weighted by atomic mass is 10.1. The summed E-state index contributed by atoms with van der Waals surface area (Å²) in [6.45, 7) is 4.00. The summed E-state index contributed by atoms with van der Waals surface area (Å²) < 4.78 is 13.1. The highest BCUT2D eigenvalue weighted by molar-refractivity contribution is 7.99. The van der Waals surface area contributed by atoms with Crippen LogP contribution in [0.3, 0.4) is 0 Å². The highest BCUT2D eigenvalue weighted by atomic mass is 32.2. The number of fused-ring (bicyclic) bond motifs is 1. The van der Waals surface area contributed by atoms with Gasteiger partial charge in [-0.2, -0.15) is 0 Å². The van der Waals surface area contributed by atoms with Crippen LogP contribution < -0.4 is 10.1 Å². The minimum absolute atomic E-state index is 0.144. The number of rotatable bonds is 9. The highest BCUT2D eigenvalue weighted by Gasteiger charge is 2.27. The fourth-order valence-electron chi connectivity index (χ4n) is 4.10. The van der Waals surface area contributed by atoms with Gasteiger partial charge in [-0.3, -0.25) is 4.79 Å². The van der Waals surface area contributed by atoms with Gasteiger partial charge in [0, 0.05) is 11.9 Å². The summed E-state index contributed by atoms with van der Waals surface area (Å²) in [6, 6.07) is 9.54. The Morgan fingerprint density at radius 3 is 2.71 bits per heavy atom. The van der Waals surface area contributed by atoms with Crippen LogP contribution in [0.15, 0.2) is 35.5 Å². The molecule has 0 radical (unpaired) electrons. The monoisotopic (exact) mass is 514 g/mol. The molecule has 1 aromatic carbocycles. The first-order chi connectivity index (χ1) is 17.0. The second-order valence-corrected chi connectivity index (χ2v) is 10.3. The number of aryl methyl sites for hydroxylation is 1. The van der Waals surface area contributed by atoms with Gasteiger partial charge >= 0.3 is 5.97 Å². The highest BCUT2D eigenvalue weighted by Crippen LogP contribution is 2.38. The number of ether oxygens (including phenoxy) is 2. The lowest BCUT2D eigenvalue weighted by molar-refractivity contribution is -0.113. The number of anilines is 1. The van der Waals surface area contributed by atoms with Crippen LogP contribution >= 0.6 is 23.1 Å². The predicted octanol–water partition coefficient (Wildman–Crippen LogP) is 5.19. The molecule has 1 aliphatic rings. The van der Waals surface area contributed by atoms with E-state index in [-0.39, 0.29) is 23.7 Å². The number of carbonyl (C=O) groups is 2. The normalized spacial score (nSPS) is 14.0. The Balaban J connectivity index is 1.41. The number of aromatic nitrogens is 3. The van der Waals surface area contributed by atoms with Gasteiger partial charge in [0.15, 0.2) is 17.1 Å². The summed E-state index contributed by atoms with van der Waals surface area (Å²) in [7, 11) is 1.86. The molecular formula is C25H30N4O4S2. The van der Waals surface area contributed by atoms with E-state index < -0.39 is 0 Å². The van der Waals surface area contributed by atoms with Gasteiger partial charge < -0.3 is 19.4 Å². The van der Waals surface area contributed by atoms with Crippen molar-refractivity contribution in [1.82, 2.24) is 14.8 Å². The molecule has 0 bridgehead atoms. The van der Waals surface area contributed by atoms with Gasteiger partial charge in [0.05, 0.1) is 17.9 Å². The topological polar surface area (TPSA) is 95.3 Å². The van der Waals surface area contributed by atoms with Crippen molar-refractivity contribution in [3.05, 3.63) is 52.2 Å². The van der Waals surface area contributed by atoms with E-state index in [4.69, 9.17) is 9.47 Å². The summed E-state index contributed by atoms with van der Waals surface area (Å²) >= 11 is 2.79. The standard InChI is InChI=1S/C25H30N4O4S2/c1-4-32-24(31)21-18-13-9-6-10-14-19(18)35-23(21)26-20(30)15-34-25-28-27-22(29(25)3)16(2)33-17-11-7-5-8-12-17/h5,7-8,11-12,16H,4,6,9-10,13-15H2,1-3H3,(H,26,30). The van der Waals surface area contributed by atoms with Crippen LogP contribution in [0.1, 0.15) is 65.8 Å². The minimum Gasteiger partial charge on any atom is -0.483 e. The second kappa shape index (κ2) is 11.7. The number of benzene rings is 1. The Hall–Kier alpha value is -2.85. The second-order valence-electron chi connectivity index (χ2n) is 8.30. The third kappa shape index (κ3) is 6.05. The molecule has 186 valence electrons. The Kier molecular flexibility index (Phi) is 8.46. The molecule has 2 heterocycles. The van der Waals surface area contributed by atoms with Crippen LogP contribution in [0.2, 0.25) is 0 Å². The van der Waals surface area contributed by atoms with Gasteiger partial charge in [-0.25, -0.2) is 4.79 Å². The van der Waals surface area contributed by atoms with E-state index in [0.717, 1.165) is 43.4 Å². The third-order valence-corrected chi connectivity index (χ3v) is 8.00. The van der Waals surface area contributed by atoms with Gasteiger partial charge in [0.1, 0.15) is 10.8 Å². The first-order valence-electron chi connectivity index (χ1n) is 11.8. The SMILES string of the molecule is CCOC(=O)c1c(NC(=O)CSc2nnc(C(C)Oc3ccccc3)n2C)sc2c1CCCCC2. The van der Waals surface area contributed by atoms with Crippen molar-refractivity contribution in [2.24, 2.45) is 7.05 Å². The predicted molar refractivity (Wildman–Crippen MR) is 137 cm³/mol. The van der Waals surface area contributed by atoms with Crippen molar-refractivity contribution < 1.29 is 19.1 Å². The van der Waals surface area contributed by atoms with Crippen molar-refractivity contribution in [2.45, 2.75) is 57.2 Å². The molecule has 1 atom stereocenters. The summed E-state index contributed by atoms with van der Waals surface area (Å²) in [6.07, 6.45) is 4.76. The summed E-state index contributed by atoms with van der Waals surface area (Å²) in [5, 5.41) is 12.7. The molecule has 1 amide bonds. The zero-order valence-electron chi connectivity index (χ0n) is 20.2. The smallest absolute Gasteiger partial charge is 0.341 e. The molecule has 10 heteroatoms. The van der Waals surface area contributed by atoms with Crippen molar-refractivity contribution >= 4 is 40.0 Å². The third-order valence-electron chi connectivity index (χ3n) is 5.77. The van der Waals surface area contributed by atoms with Crippen LogP contribution in [-0.4, -0.2) is 39.0 Å². The van der Waals surface area contributed by atoms with E-state index in [1.165, 1.54) is 28.0 Å². The largest absolute Gasteiger partial charge is 0.483 e. The number of thiophene rings is 1. The molecule has 4 rings (SSSR count). The molecule has 0 fully saturated rings. The van der Waals surface area contributed by atoms with E-state index in [2.05, 4.69) is 15.5 Å². The fraction of sp³-hybridized carbons (Fsp3) is 0.440. The maximum atomic E-state index is 12.8. The molecule has 0 aliphatic heterocycles. The lowest BCUT2D eigenvalue weighted by Gasteiger charge is -2.14. The molecule has 0 spiro atoms. The van der Waals surface area contributed by atoms with E-state index in [0.29, 0.717) is 28.2 Å². The van der Waals surface area contributed by atoms with Gasteiger partial charge in [-0.05, 0) is 57.2 Å². The fourth-order valence-corrected chi connectivity index (χ4v) is 6.12. The van der Waals surface area contributed by atoms with Crippen molar-refractivity contribution in [3.8, 4) is 5.75 Å². The van der Waals surface area contributed by atoms with Crippen LogP contribution in [0.5, 0.6) is 5.75 Å². The number of para-hydroxylation sites is 1. The minimum atomic E-state index is -0.361. The van der Waals surface area contributed by atoms with E-state index in [9.17, 15) is 9.59 Å². The molecule has 35 heavy (non-hydrogen) atoms. The summed E-state index contributed by atoms with van der Waals surface area (Å²) in [5.74, 6) is 1.01. The van der Waals surface area contributed by atoms with Gasteiger partial charge in [-0.1, -0.05) is 36.4 Å². The van der Waals surface area contributed by atoms with Crippen LogP contribution in [-0.2, 0) is 29.4 Å². The number of nitrogens with zero attached hydrogens (tertiary/aromatic N) is 3. The number of esters is 1. The quantitative estimate of drug-likeness (QED) is 0.238. The summed E-state index contributed by atoms with van der Waals surface area (Å²) in [5.41, 5.74) is 1.57. The Morgan fingerprint density at radius 2 is 1.94 bits per heavy atom. The van der Waals surface area contributed by atoms with Gasteiger partial charge in [0.25, 0.3) is 0 Å². The molecule has 1 aliphatic carbocycles. The van der Waals surface area contributed by atoms with Crippen molar-refractivity contribution in [2.75, 3.05) is 17.7 Å².